The minimum atomic E-state index is 1.24. The molecule has 0 saturated carbocycles. The predicted molar refractivity (Wildman–Crippen MR) is 329 cm³/mol. The molecule has 76 heavy (non-hydrogen) atoms. The molecule has 0 N–H and O–H groups in total. The zero-order valence-corrected chi connectivity index (χ0v) is 41.7. The van der Waals surface area contributed by atoms with Gasteiger partial charge in [-0.3, -0.25) is 0 Å². The van der Waals surface area contributed by atoms with Crippen molar-refractivity contribution in [1.29, 1.82) is 0 Å². The fraction of sp³-hybridized carbons (Fsp3) is 0. The van der Waals surface area contributed by atoms with Crippen LogP contribution in [0, 0.1) is 0 Å². The topological polar surface area (TPSA) is 0 Å². The largest absolute Gasteiger partial charge is 0.0616 e. The lowest BCUT2D eigenvalue weighted by molar-refractivity contribution is 1.63. The Morgan fingerprint density at radius 2 is 0.461 bits per heavy atom. The van der Waals surface area contributed by atoms with Gasteiger partial charge in [-0.15, -0.1) is 0 Å². The molecule has 0 bridgehead atoms. The Labute approximate surface area is 441 Å². The van der Waals surface area contributed by atoms with Crippen molar-refractivity contribution in [2.45, 2.75) is 0 Å². The average molecular weight is 961 g/mol. The maximum atomic E-state index is 2.34. The lowest BCUT2D eigenvalue weighted by Crippen LogP contribution is -1.91. The van der Waals surface area contributed by atoms with Crippen LogP contribution in [0.2, 0.25) is 0 Å². The van der Waals surface area contributed by atoms with Crippen LogP contribution < -0.4 is 0 Å². The summed E-state index contributed by atoms with van der Waals surface area (Å²) in [7, 11) is 0. The molecule has 16 rings (SSSR count). The summed E-state index contributed by atoms with van der Waals surface area (Å²) in [5.41, 5.74) is 12.7. The summed E-state index contributed by atoms with van der Waals surface area (Å²) >= 11 is 0. The van der Waals surface area contributed by atoms with Gasteiger partial charge in [0, 0.05) is 0 Å². The van der Waals surface area contributed by atoms with Gasteiger partial charge in [0.15, 0.2) is 0 Å². The molecule has 0 aliphatic rings. The second kappa shape index (κ2) is 18.0. The molecule has 0 radical (unpaired) electrons. The van der Waals surface area contributed by atoms with E-state index < -0.39 is 0 Å². The Morgan fingerprint density at radius 1 is 0.145 bits per heavy atom. The fourth-order valence-electron chi connectivity index (χ4n) is 12.4. The summed E-state index contributed by atoms with van der Waals surface area (Å²) in [6.07, 6.45) is 0. The lowest BCUT2D eigenvalue weighted by atomic mass is 9.85. The Bertz CT molecular complexity index is 4710. The molecule has 0 fully saturated rings. The van der Waals surface area contributed by atoms with Crippen molar-refractivity contribution in [3.05, 3.63) is 291 Å². The number of rotatable bonds is 5. The van der Waals surface area contributed by atoms with Gasteiger partial charge in [-0.2, -0.15) is 0 Å². The first-order valence-corrected chi connectivity index (χ1v) is 26.4. The molecule has 0 unspecified atom stereocenters. The first-order valence-electron chi connectivity index (χ1n) is 26.4. The van der Waals surface area contributed by atoms with Crippen molar-refractivity contribution in [1.82, 2.24) is 0 Å². The van der Waals surface area contributed by atoms with E-state index in [4.69, 9.17) is 0 Å². The molecule has 0 nitrogen and oxygen atoms in total. The molecule has 352 valence electrons. The first kappa shape index (κ1) is 43.7. The highest BCUT2D eigenvalue weighted by molar-refractivity contribution is 6.28. The smallest absolute Gasteiger partial charge is 0.00203 e. The number of hydrogen-bond acceptors (Lipinski definition) is 0. The van der Waals surface area contributed by atoms with E-state index in [2.05, 4.69) is 291 Å². The molecule has 0 heterocycles. The van der Waals surface area contributed by atoms with Crippen LogP contribution in [0.3, 0.4) is 0 Å². The van der Waals surface area contributed by atoms with Gasteiger partial charge in [0.05, 0.1) is 0 Å². The SMILES string of the molecule is c1ccc2cc(-c3c4ccccc4c(-c4ccc(-c5cccc6ccccc56)cc4)c4ccccc34)ccc2c1.c1ccc2cc(-c3ccc4ccc5c(-c6ccc7ccccc7c6)ccc6ccc3c4c65)ccc2c1. The van der Waals surface area contributed by atoms with Gasteiger partial charge >= 0.3 is 0 Å². The highest BCUT2D eigenvalue weighted by atomic mass is 14.2. The van der Waals surface area contributed by atoms with E-state index >= 15 is 0 Å². The van der Waals surface area contributed by atoms with Gasteiger partial charge in [-0.05, 0) is 171 Å². The monoisotopic (exact) mass is 960 g/mol. The van der Waals surface area contributed by atoms with Crippen molar-refractivity contribution in [3.8, 4) is 55.6 Å². The Hall–Kier alpha value is -9.88. The summed E-state index contributed by atoms with van der Waals surface area (Å²) in [5.74, 6) is 0. The zero-order valence-electron chi connectivity index (χ0n) is 41.7. The molecule has 16 aromatic carbocycles. The van der Waals surface area contributed by atoms with E-state index in [1.807, 2.05) is 0 Å². The van der Waals surface area contributed by atoms with Gasteiger partial charge in [0.25, 0.3) is 0 Å². The Balaban J connectivity index is 0.000000134. The summed E-state index contributed by atoms with van der Waals surface area (Å²) in [6.45, 7) is 0. The average Bonchev–Trinajstić information content (AvgIpc) is 3.54. The molecule has 0 saturated heterocycles. The Morgan fingerprint density at radius 3 is 0.947 bits per heavy atom. The van der Waals surface area contributed by atoms with Crippen molar-refractivity contribution in [2.75, 3.05) is 0 Å². The molecule has 0 aliphatic heterocycles. The van der Waals surface area contributed by atoms with Gasteiger partial charge in [-0.25, -0.2) is 0 Å². The van der Waals surface area contributed by atoms with Crippen LogP contribution >= 0.6 is 0 Å². The maximum absolute atomic E-state index is 2.34. The van der Waals surface area contributed by atoms with Gasteiger partial charge in [0.2, 0.25) is 0 Å². The zero-order chi connectivity index (χ0) is 50.1. The van der Waals surface area contributed by atoms with Crippen molar-refractivity contribution in [2.24, 2.45) is 0 Å². The molecular weight excluding hydrogens is 913 g/mol. The minimum Gasteiger partial charge on any atom is -0.0616 e. The van der Waals surface area contributed by atoms with Crippen LogP contribution in [-0.4, -0.2) is 0 Å². The maximum Gasteiger partial charge on any atom is -0.00203 e. The quantitative estimate of drug-likeness (QED) is 0.119. The molecule has 0 amide bonds. The van der Waals surface area contributed by atoms with Crippen LogP contribution in [0.4, 0.5) is 0 Å². The van der Waals surface area contributed by atoms with E-state index in [0.717, 1.165) is 0 Å². The molecule has 0 atom stereocenters. The fourth-order valence-corrected chi connectivity index (χ4v) is 12.4. The molecule has 16 aromatic rings. The second-order valence-electron chi connectivity index (χ2n) is 20.3. The summed E-state index contributed by atoms with van der Waals surface area (Å²) in [6, 6.07) is 107. The van der Waals surface area contributed by atoms with Crippen LogP contribution in [-0.2, 0) is 0 Å². The predicted octanol–water partition coefficient (Wildman–Crippen LogP) is 21.5. The first-order chi connectivity index (χ1) is 37.7. The lowest BCUT2D eigenvalue weighted by Gasteiger charge is -2.18. The third kappa shape index (κ3) is 7.30. The van der Waals surface area contributed by atoms with E-state index in [1.165, 1.54) is 153 Å². The minimum absolute atomic E-state index is 1.24. The standard InChI is InChI=1S/C40H26.C36H22/c1-2-12-31-26-32(25-20-27(31)10-1)40-37-17-7-5-15-35(37)39(36-16-6-8-18-38(36)40)30-23-21-29(22-24-30)34-19-9-13-28-11-3-4-14-33(28)34;1-3-7-27-21-29(11-9-23(27)5-1)31-17-13-25-16-20-34-32(18-14-26-15-19-33(31)35(25)36(26)34)30-12-10-24-6-2-4-8-28(24)22-30/h1-26H;1-22H. The highest BCUT2D eigenvalue weighted by Gasteiger charge is 2.18. The summed E-state index contributed by atoms with van der Waals surface area (Å²) < 4.78 is 0. The molecule has 0 spiro atoms. The van der Waals surface area contributed by atoms with Crippen molar-refractivity contribution >= 4 is 97.0 Å². The number of benzene rings is 16. The normalized spacial score (nSPS) is 11.7. The van der Waals surface area contributed by atoms with Gasteiger partial charge < -0.3 is 0 Å². The highest BCUT2D eigenvalue weighted by Crippen LogP contribution is 2.46. The molecule has 0 aromatic heterocycles. The van der Waals surface area contributed by atoms with E-state index in [0.29, 0.717) is 0 Å². The molecule has 0 aliphatic carbocycles. The second-order valence-corrected chi connectivity index (χ2v) is 20.3. The van der Waals surface area contributed by atoms with E-state index in [9.17, 15) is 0 Å². The Kier molecular flexibility index (Phi) is 10.3. The van der Waals surface area contributed by atoms with Crippen molar-refractivity contribution < 1.29 is 0 Å². The van der Waals surface area contributed by atoms with Crippen LogP contribution in [0.5, 0.6) is 0 Å². The third-order valence-electron chi connectivity index (χ3n) is 16.0. The van der Waals surface area contributed by atoms with Gasteiger partial charge in [0.1, 0.15) is 0 Å². The van der Waals surface area contributed by atoms with Gasteiger partial charge in [-0.1, -0.05) is 273 Å². The van der Waals surface area contributed by atoms with Crippen molar-refractivity contribution in [3.63, 3.8) is 0 Å². The number of fused-ring (bicyclic) bond motifs is 6. The van der Waals surface area contributed by atoms with Crippen LogP contribution in [0.15, 0.2) is 291 Å². The van der Waals surface area contributed by atoms with E-state index in [-0.39, 0.29) is 0 Å². The van der Waals surface area contributed by atoms with Crippen LogP contribution in [0.25, 0.3) is 153 Å². The summed E-state index contributed by atoms with van der Waals surface area (Å²) in [5, 5.41) is 23.3. The van der Waals surface area contributed by atoms with E-state index in [1.54, 1.807) is 0 Å². The summed E-state index contributed by atoms with van der Waals surface area (Å²) in [4.78, 5) is 0. The molecule has 0 heteroatoms. The molecular formula is C76H48. The van der Waals surface area contributed by atoms with Crippen LogP contribution in [0.1, 0.15) is 0 Å². The number of hydrogen-bond donors (Lipinski definition) is 0. The third-order valence-corrected chi connectivity index (χ3v) is 16.0.